The number of benzene rings is 2. The van der Waals surface area contributed by atoms with E-state index in [0.717, 1.165) is 68.0 Å². The van der Waals surface area contributed by atoms with Gasteiger partial charge >= 0.3 is 0 Å². The van der Waals surface area contributed by atoms with Gasteiger partial charge in [0.05, 0.1) is 29.0 Å². The Hall–Kier alpha value is -4.71. The quantitative estimate of drug-likeness (QED) is 0.198. The van der Waals surface area contributed by atoms with Gasteiger partial charge in [-0.25, -0.2) is 9.67 Å². The molecule has 0 amide bonds. The van der Waals surface area contributed by atoms with E-state index in [-0.39, 0.29) is 10.8 Å². The van der Waals surface area contributed by atoms with Gasteiger partial charge < -0.3 is 4.74 Å². The molecule has 0 aliphatic carbocycles. The van der Waals surface area contributed by atoms with E-state index >= 15 is 0 Å². The Kier molecular flexibility index (Phi) is 7.43. The molecule has 4 heterocycles. The number of imidazole rings is 1. The van der Waals surface area contributed by atoms with E-state index in [2.05, 4.69) is 127 Å². The van der Waals surface area contributed by atoms with Crippen molar-refractivity contribution in [2.45, 2.75) is 80.1 Å². The predicted octanol–water partition coefficient (Wildman–Crippen LogP) is 9.87. The van der Waals surface area contributed by atoms with Crippen LogP contribution in [0, 0.1) is 27.7 Å². The summed E-state index contributed by atoms with van der Waals surface area (Å²) in [6, 6.07) is 23.2. The van der Waals surface area contributed by atoms with Gasteiger partial charge in [-0.1, -0.05) is 71.9 Å². The first kappa shape index (κ1) is 30.3. The van der Waals surface area contributed by atoms with E-state index in [9.17, 15) is 0 Å². The second-order valence-corrected chi connectivity index (χ2v) is 14.1. The minimum atomic E-state index is -0.100. The molecular weight excluding hydrogens is 554 g/mol. The Bertz CT molecular complexity index is 2030. The van der Waals surface area contributed by atoms with Crippen molar-refractivity contribution in [3.63, 3.8) is 0 Å². The molecule has 0 atom stereocenters. The first-order chi connectivity index (χ1) is 21.2. The maximum absolute atomic E-state index is 6.75. The minimum absolute atomic E-state index is 0.00347. The number of nitrogens with zero attached hydrogens (tertiary/aromatic N) is 5. The molecule has 0 aliphatic heterocycles. The standard InChI is InChI=1S/C39H43N5O/c1-24-26(3)43-23-33(22-34(37(43)41-24)35-20-29(16-17-40-35)38(5,6)7)45-32-19-30(39(8,9)10)18-31(21-32)44-27(4)36(25(2)42-44)28-14-12-11-13-15-28/h11-23H,1-10H3. The van der Waals surface area contributed by atoms with Gasteiger partial charge in [0.2, 0.25) is 0 Å². The van der Waals surface area contributed by atoms with Crippen LogP contribution in [0.1, 0.15) is 75.4 Å². The summed E-state index contributed by atoms with van der Waals surface area (Å²) in [5.74, 6) is 1.47. The Morgan fingerprint density at radius 1 is 0.689 bits per heavy atom. The summed E-state index contributed by atoms with van der Waals surface area (Å²) in [7, 11) is 0. The average molecular weight is 598 g/mol. The second-order valence-electron chi connectivity index (χ2n) is 14.1. The Morgan fingerprint density at radius 2 is 1.40 bits per heavy atom. The normalized spacial score (nSPS) is 12.2. The van der Waals surface area contributed by atoms with Gasteiger partial charge in [-0.05, 0) is 85.5 Å². The van der Waals surface area contributed by atoms with Crippen LogP contribution in [0.15, 0.2) is 79.1 Å². The predicted molar refractivity (Wildman–Crippen MR) is 184 cm³/mol. The van der Waals surface area contributed by atoms with Gasteiger partial charge in [-0.15, -0.1) is 0 Å². The van der Waals surface area contributed by atoms with Crippen molar-refractivity contribution in [1.82, 2.24) is 24.1 Å². The zero-order chi connectivity index (χ0) is 32.3. The van der Waals surface area contributed by atoms with Crippen LogP contribution in [0.4, 0.5) is 0 Å². The fourth-order valence-electron chi connectivity index (χ4n) is 5.89. The third-order valence-electron chi connectivity index (χ3n) is 8.66. The Labute approximate surface area is 266 Å². The number of pyridine rings is 2. The van der Waals surface area contributed by atoms with Crippen molar-refractivity contribution < 1.29 is 4.74 Å². The molecule has 230 valence electrons. The molecule has 0 fully saturated rings. The SMILES string of the molecule is Cc1nn(-c2cc(Oc3cc(-c4cc(C(C)(C)C)ccn4)c4nc(C)c(C)n4c3)cc(C(C)(C)C)c2)c(C)c1-c1ccccc1. The fourth-order valence-corrected chi connectivity index (χ4v) is 5.89. The van der Waals surface area contributed by atoms with Crippen LogP contribution >= 0.6 is 0 Å². The third kappa shape index (κ3) is 5.77. The second kappa shape index (κ2) is 11.0. The number of hydrogen-bond donors (Lipinski definition) is 0. The van der Waals surface area contributed by atoms with Crippen LogP contribution in [0.5, 0.6) is 11.5 Å². The average Bonchev–Trinajstić information content (AvgIpc) is 3.45. The van der Waals surface area contributed by atoms with Crippen LogP contribution in [0.3, 0.4) is 0 Å². The molecule has 6 heteroatoms. The monoisotopic (exact) mass is 597 g/mol. The summed E-state index contributed by atoms with van der Waals surface area (Å²) in [6.45, 7) is 21.7. The van der Waals surface area contributed by atoms with Crippen LogP contribution in [0.25, 0.3) is 33.7 Å². The maximum atomic E-state index is 6.75. The van der Waals surface area contributed by atoms with Gasteiger partial charge in [0.25, 0.3) is 0 Å². The van der Waals surface area contributed by atoms with Gasteiger partial charge in [0.15, 0.2) is 0 Å². The van der Waals surface area contributed by atoms with Crippen molar-refractivity contribution in [2.75, 3.05) is 0 Å². The van der Waals surface area contributed by atoms with E-state index in [1.54, 1.807) is 0 Å². The molecule has 0 unspecified atom stereocenters. The van der Waals surface area contributed by atoms with E-state index < -0.39 is 0 Å². The van der Waals surface area contributed by atoms with Gasteiger partial charge in [-0.3, -0.25) is 9.38 Å². The molecule has 6 nitrogen and oxygen atoms in total. The highest BCUT2D eigenvalue weighted by Crippen LogP contribution is 2.37. The van der Waals surface area contributed by atoms with Crippen LogP contribution < -0.4 is 4.74 Å². The molecule has 0 spiro atoms. The lowest BCUT2D eigenvalue weighted by Gasteiger charge is -2.22. The lowest BCUT2D eigenvalue weighted by Crippen LogP contribution is -2.12. The molecule has 6 rings (SSSR count). The molecule has 0 bridgehead atoms. The first-order valence-electron chi connectivity index (χ1n) is 15.6. The number of ether oxygens (including phenoxy) is 1. The molecule has 0 saturated carbocycles. The van der Waals surface area contributed by atoms with E-state index in [1.165, 1.54) is 11.1 Å². The van der Waals surface area contributed by atoms with Crippen LogP contribution in [-0.2, 0) is 10.8 Å². The van der Waals surface area contributed by atoms with Gasteiger partial charge in [-0.2, -0.15) is 5.10 Å². The van der Waals surface area contributed by atoms with Crippen molar-refractivity contribution in [3.05, 3.63) is 113 Å². The summed E-state index contributed by atoms with van der Waals surface area (Å²) in [6.07, 6.45) is 3.92. The molecule has 2 aromatic carbocycles. The third-order valence-corrected chi connectivity index (χ3v) is 8.66. The summed E-state index contributed by atoms with van der Waals surface area (Å²) >= 11 is 0. The summed E-state index contributed by atoms with van der Waals surface area (Å²) in [4.78, 5) is 9.72. The summed E-state index contributed by atoms with van der Waals surface area (Å²) in [5.41, 5.74) is 12.4. The summed E-state index contributed by atoms with van der Waals surface area (Å²) < 4.78 is 10.9. The molecule has 0 radical (unpaired) electrons. The van der Waals surface area contributed by atoms with E-state index in [0.29, 0.717) is 0 Å². The van der Waals surface area contributed by atoms with E-state index in [4.69, 9.17) is 19.8 Å². The largest absolute Gasteiger partial charge is 0.456 e. The maximum Gasteiger partial charge on any atom is 0.146 e. The number of hydrogen-bond acceptors (Lipinski definition) is 4. The number of aromatic nitrogens is 5. The van der Waals surface area contributed by atoms with Crippen molar-refractivity contribution >= 4 is 5.65 Å². The zero-order valence-corrected chi connectivity index (χ0v) is 28.1. The van der Waals surface area contributed by atoms with Gasteiger partial charge in [0, 0.05) is 34.8 Å². The highest BCUT2D eigenvalue weighted by molar-refractivity contribution is 5.78. The molecule has 0 saturated heterocycles. The van der Waals surface area contributed by atoms with Crippen molar-refractivity contribution in [1.29, 1.82) is 0 Å². The van der Waals surface area contributed by atoms with Gasteiger partial charge in [0.1, 0.15) is 17.1 Å². The lowest BCUT2D eigenvalue weighted by molar-refractivity contribution is 0.475. The highest BCUT2D eigenvalue weighted by Gasteiger charge is 2.22. The highest BCUT2D eigenvalue weighted by atomic mass is 16.5. The van der Waals surface area contributed by atoms with Crippen LogP contribution in [-0.4, -0.2) is 24.1 Å². The Morgan fingerprint density at radius 3 is 2.09 bits per heavy atom. The number of fused-ring (bicyclic) bond motifs is 1. The molecular formula is C39H43N5O. The van der Waals surface area contributed by atoms with Crippen molar-refractivity contribution in [3.8, 4) is 39.6 Å². The topological polar surface area (TPSA) is 57.2 Å². The van der Waals surface area contributed by atoms with Crippen molar-refractivity contribution in [2.24, 2.45) is 0 Å². The fraction of sp³-hybridized carbons (Fsp3) is 0.308. The van der Waals surface area contributed by atoms with E-state index in [1.807, 2.05) is 30.1 Å². The molecule has 45 heavy (non-hydrogen) atoms. The number of rotatable bonds is 5. The minimum Gasteiger partial charge on any atom is -0.456 e. The van der Waals surface area contributed by atoms with Crippen LogP contribution in [0.2, 0.25) is 0 Å². The molecule has 4 aromatic heterocycles. The first-order valence-corrected chi connectivity index (χ1v) is 15.6. The smallest absolute Gasteiger partial charge is 0.146 e. The number of aryl methyl sites for hydroxylation is 3. The lowest BCUT2D eigenvalue weighted by atomic mass is 9.86. The molecule has 6 aromatic rings. The zero-order valence-electron chi connectivity index (χ0n) is 28.1. The molecule has 0 aliphatic rings. The Balaban J connectivity index is 1.49. The molecule has 0 N–H and O–H groups in total. The summed E-state index contributed by atoms with van der Waals surface area (Å²) in [5, 5.41) is 5.01.